The zero-order valence-corrected chi connectivity index (χ0v) is 16.8. The fourth-order valence-electron chi connectivity index (χ4n) is 2.64. The largest absolute Gasteiger partial charge is 0.495 e. The van der Waals surface area contributed by atoms with Gasteiger partial charge in [0.05, 0.1) is 16.8 Å². The molecule has 3 aromatic rings. The van der Waals surface area contributed by atoms with Crippen molar-refractivity contribution in [1.82, 2.24) is 0 Å². The van der Waals surface area contributed by atoms with E-state index >= 15 is 0 Å². The predicted molar refractivity (Wildman–Crippen MR) is 110 cm³/mol. The smallest absolute Gasteiger partial charge is 0.363 e. The summed E-state index contributed by atoms with van der Waals surface area (Å²) < 4.78 is 11.3. The number of fused-ring (bicyclic) bond motifs is 1. The monoisotopic (exact) mass is 437 g/mol. The number of benzene rings is 2. The lowest BCUT2D eigenvalue weighted by Crippen LogP contribution is -2.04. The third kappa shape index (κ3) is 3.32. The third-order valence-electron chi connectivity index (χ3n) is 3.89. The van der Waals surface area contributed by atoms with Gasteiger partial charge in [0.25, 0.3) is 0 Å². The van der Waals surface area contributed by atoms with Gasteiger partial charge in [-0.1, -0.05) is 46.9 Å². The Morgan fingerprint density at radius 2 is 1.96 bits per heavy atom. The molecule has 0 bridgehead atoms. The number of methoxy groups -OCH3 is 1. The highest BCUT2D eigenvalue weighted by Crippen LogP contribution is 2.44. The molecule has 0 unspecified atom stereocenters. The van der Waals surface area contributed by atoms with Gasteiger partial charge in [0.2, 0.25) is 5.90 Å². The number of esters is 1. The van der Waals surface area contributed by atoms with Crippen molar-refractivity contribution in [2.75, 3.05) is 7.11 Å². The second-order valence-electron chi connectivity index (χ2n) is 5.59. The third-order valence-corrected chi connectivity index (χ3v) is 6.33. The van der Waals surface area contributed by atoms with E-state index in [1.165, 1.54) is 11.3 Å². The van der Waals surface area contributed by atoms with E-state index in [1.807, 2.05) is 12.1 Å². The Morgan fingerprint density at radius 3 is 2.70 bits per heavy atom. The molecule has 0 aliphatic carbocycles. The zero-order valence-electron chi connectivity index (χ0n) is 13.8. The van der Waals surface area contributed by atoms with Gasteiger partial charge in [0.1, 0.15) is 15.6 Å². The summed E-state index contributed by atoms with van der Waals surface area (Å²) in [7, 11) is 1.54. The zero-order chi connectivity index (χ0) is 19.1. The number of hydrogen-bond acceptors (Lipinski definition) is 5. The van der Waals surface area contributed by atoms with Crippen molar-refractivity contribution in [3.05, 3.63) is 67.6 Å². The normalized spacial score (nSPS) is 15.3. The Hall–Kier alpha value is -2.05. The van der Waals surface area contributed by atoms with Crippen LogP contribution in [-0.4, -0.2) is 19.0 Å². The second-order valence-corrected chi connectivity index (χ2v) is 7.81. The molecule has 0 radical (unpaired) electrons. The summed E-state index contributed by atoms with van der Waals surface area (Å²) in [6.45, 7) is 0. The summed E-state index contributed by atoms with van der Waals surface area (Å²) in [6.07, 6.45) is 1.61. The van der Waals surface area contributed by atoms with Crippen molar-refractivity contribution in [2.24, 2.45) is 4.99 Å². The standard InChI is InChI=1S/C19H10Cl3NO3S/c1-25-13-6-5-11-14(21)17(27-16(11)15(13)22)18-23-12(19(24)26-18)8-9-3-2-4-10(20)7-9/h2-8H,1H3/b12-8-. The topological polar surface area (TPSA) is 47.9 Å². The molecule has 0 atom stereocenters. The minimum atomic E-state index is -0.554. The van der Waals surface area contributed by atoms with E-state index in [4.69, 9.17) is 44.3 Å². The fourth-order valence-corrected chi connectivity index (χ4v) is 4.65. The second kappa shape index (κ2) is 7.17. The quantitative estimate of drug-likeness (QED) is 0.360. The van der Waals surface area contributed by atoms with Gasteiger partial charge in [-0.05, 0) is 35.9 Å². The molecular formula is C19H10Cl3NO3S. The van der Waals surface area contributed by atoms with Crippen LogP contribution in [0.2, 0.25) is 15.1 Å². The molecule has 4 nitrogen and oxygen atoms in total. The Labute approximate surface area is 173 Å². The summed E-state index contributed by atoms with van der Waals surface area (Å²) in [5.41, 5.74) is 0.916. The van der Waals surface area contributed by atoms with Crippen LogP contribution in [0.5, 0.6) is 5.75 Å². The first kappa shape index (κ1) is 18.3. The SMILES string of the molecule is COc1ccc2c(Cl)c(C3=N/C(=C\c4cccc(Cl)c4)C(=O)O3)sc2c1Cl. The molecule has 1 aromatic heterocycles. The van der Waals surface area contributed by atoms with Crippen LogP contribution in [0.15, 0.2) is 47.1 Å². The summed E-state index contributed by atoms with van der Waals surface area (Å²) in [5.74, 6) is 0.136. The van der Waals surface area contributed by atoms with Crippen molar-refractivity contribution >= 4 is 74.2 Å². The number of rotatable bonds is 3. The minimum Gasteiger partial charge on any atom is -0.495 e. The Morgan fingerprint density at radius 1 is 1.15 bits per heavy atom. The Kier molecular flexibility index (Phi) is 4.86. The summed E-state index contributed by atoms with van der Waals surface area (Å²) in [4.78, 5) is 17.1. The molecule has 0 saturated heterocycles. The highest BCUT2D eigenvalue weighted by Gasteiger charge is 2.28. The molecule has 0 saturated carbocycles. The average molecular weight is 439 g/mol. The van der Waals surface area contributed by atoms with E-state index in [-0.39, 0.29) is 11.6 Å². The van der Waals surface area contributed by atoms with Gasteiger partial charge in [0, 0.05) is 10.4 Å². The van der Waals surface area contributed by atoms with E-state index in [2.05, 4.69) is 4.99 Å². The predicted octanol–water partition coefficient (Wildman–Crippen LogP) is 6.21. The van der Waals surface area contributed by atoms with E-state index in [0.717, 1.165) is 15.6 Å². The molecule has 1 aliphatic heterocycles. The average Bonchev–Trinajstić information content (AvgIpc) is 3.16. The van der Waals surface area contributed by atoms with Gasteiger partial charge < -0.3 is 9.47 Å². The maximum absolute atomic E-state index is 12.2. The highest BCUT2D eigenvalue weighted by atomic mass is 35.5. The molecule has 136 valence electrons. The van der Waals surface area contributed by atoms with Crippen LogP contribution in [0.3, 0.4) is 0 Å². The van der Waals surface area contributed by atoms with Gasteiger partial charge in [-0.2, -0.15) is 0 Å². The lowest BCUT2D eigenvalue weighted by Gasteiger charge is -2.02. The Bertz CT molecular complexity index is 1150. The maximum Gasteiger partial charge on any atom is 0.363 e. The van der Waals surface area contributed by atoms with Gasteiger partial charge >= 0.3 is 5.97 Å². The molecule has 0 fully saturated rings. The first-order chi connectivity index (χ1) is 13.0. The first-order valence-corrected chi connectivity index (χ1v) is 9.66. The van der Waals surface area contributed by atoms with Gasteiger partial charge in [0.15, 0.2) is 5.70 Å². The van der Waals surface area contributed by atoms with Crippen molar-refractivity contribution < 1.29 is 14.3 Å². The number of cyclic esters (lactones) is 1. The fraction of sp³-hybridized carbons (Fsp3) is 0.0526. The molecule has 8 heteroatoms. The van der Waals surface area contributed by atoms with Crippen LogP contribution in [0.25, 0.3) is 16.2 Å². The highest BCUT2D eigenvalue weighted by molar-refractivity contribution is 7.22. The van der Waals surface area contributed by atoms with Crippen molar-refractivity contribution in [2.45, 2.75) is 0 Å². The lowest BCUT2D eigenvalue weighted by molar-refractivity contribution is -0.129. The molecule has 4 rings (SSSR count). The summed E-state index contributed by atoms with van der Waals surface area (Å²) in [6, 6.07) is 10.6. The van der Waals surface area contributed by atoms with Crippen molar-refractivity contribution in [1.29, 1.82) is 0 Å². The number of nitrogens with zero attached hydrogens (tertiary/aromatic N) is 1. The number of ether oxygens (including phenoxy) is 2. The first-order valence-electron chi connectivity index (χ1n) is 7.71. The number of aliphatic imine (C=N–C) groups is 1. The van der Waals surface area contributed by atoms with Crippen LogP contribution in [0.1, 0.15) is 10.4 Å². The van der Waals surface area contributed by atoms with Gasteiger partial charge in [-0.25, -0.2) is 9.79 Å². The van der Waals surface area contributed by atoms with E-state index in [1.54, 1.807) is 37.5 Å². The number of hydrogen-bond donors (Lipinski definition) is 0. The van der Waals surface area contributed by atoms with E-state index < -0.39 is 5.97 Å². The number of carbonyl (C=O) groups excluding carboxylic acids is 1. The molecule has 0 N–H and O–H groups in total. The minimum absolute atomic E-state index is 0.148. The van der Waals surface area contributed by atoms with Crippen LogP contribution < -0.4 is 4.74 Å². The van der Waals surface area contributed by atoms with Crippen LogP contribution in [0, 0.1) is 0 Å². The van der Waals surface area contributed by atoms with Crippen LogP contribution in [-0.2, 0) is 9.53 Å². The molecule has 0 spiro atoms. The van der Waals surface area contributed by atoms with Crippen LogP contribution in [0.4, 0.5) is 0 Å². The summed E-state index contributed by atoms with van der Waals surface area (Å²) >= 11 is 20.1. The molecule has 27 heavy (non-hydrogen) atoms. The Balaban J connectivity index is 1.79. The molecule has 0 amide bonds. The van der Waals surface area contributed by atoms with E-state index in [0.29, 0.717) is 25.7 Å². The number of thiophene rings is 1. The van der Waals surface area contributed by atoms with Crippen molar-refractivity contribution in [3.63, 3.8) is 0 Å². The van der Waals surface area contributed by atoms with Gasteiger partial charge in [-0.3, -0.25) is 0 Å². The number of halogens is 3. The van der Waals surface area contributed by atoms with Gasteiger partial charge in [-0.15, -0.1) is 11.3 Å². The molecule has 1 aliphatic rings. The van der Waals surface area contributed by atoms with E-state index in [9.17, 15) is 4.79 Å². The summed E-state index contributed by atoms with van der Waals surface area (Å²) in [5, 5.41) is 2.19. The maximum atomic E-state index is 12.2. The van der Waals surface area contributed by atoms with Crippen LogP contribution >= 0.6 is 46.1 Å². The van der Waals surface area contributed by atoms with Crippen molar-refractivity contribution in [3.8, 4) is 5.75 Å². The molecular weight excluding hydrogens is 429 g/mol. The lowest BCUT2D eigenvalue weighted by atomic mass is 10.2. The number of carbonyl (C=O) groups is 1. The molecule has 2 aromatic carbocycles. The molecule has 2 heterocycles.